The fourth-order valence-corrected chi connectivity index (χ4v) is 3.52. The number of carbonyl (C=O) groups is 1. The van der Waals surface area contributed by atoms with E-state index in [0.29, 0.717) is 17.1 Å². The second-order valence-electron chi connectivity index (χ2n) is 4.18. The number of hydrogen-bond acceptors (Lipinski definition) is 6. The van der Waals surface area contributed by atoms with Crippen molar-refractivity contribution >= 4 is 27.0 Å². The first-order chi connectivity index (χ1) is 8.35. The quantitative estimate of drug-likeness (QED) is 0.770. The van der Waals surface area contributed by atoms with Gasteiger partial charge in [-0.2, -0.15) is 0 Å². The molecular weight excluding hydrogens is 272 g/mol. The summed E-state index contributed by atoms with van der Waals surface area (Å²) < 4.78 is 23.0. The molecule has 0 saturated carbocycles. The molecule has 0 aliphatic rings. The summed E-state index contributed by atoms with van der Waals surface area (Å²) in [5.41, 5.74) is 5.97. The molecule has 0 aliphatic carbocycles. The van der Waals surface area contributed by atoms with Gasteiger partial charge in [-0.25, -0.2) is 13.4 Å². The molecule has 5 nitrogen and oxygen atoms in total. The third-order valence-corrected chi connectivity index (χ3v) is 5.25. The van der Waals surface area contributed by atoms with E-state index in [4.69, 9.17) is 5.73 Å². The Balaban J connectivity index is 2.60. The number of nitrogens with two attached hydrogens (primary N) is 1. The van der Waals surface area contributed by atoms with Crippen molar-refractivity contribution in [3.8, 4) is 0 Å². The molecule has 1 aromatic rings. The van der Waals surface area contributed by atoms with Gasteiger partial charge in [-0.05, 0) is 13.3 Å². The van der Waals surface area contributed by atoms with E-state index in [-0.39, 0.29) is 29.8 Å². The number of rotatable bonds is 7. The summed E-state index contributed by atoms with van der Waals surface area (Å²) in [6.45, 7) is 3.59. The lowest BCUT2D eigenvalue weighted by atomic mass is 10.2. The van der Waals surface area contributed by atoms with Crippen LogP contribution < -0.4 is 5.73 Å². The van der Waals surface area contributed by atoms with Gasteiger partial charge in [0.15, 0.2) is 15.6 Å². The minimum absolute atomic E-state index is 0.00947. The Morgan fingerprint density at radius 3 is 2.67 bits per heavy atom. The average molecular weight is 290 g/mol. The number of aromatic nitrogens is 1. The zero-order valence-electron chi connectivity index (χ0n) is 10.5. The maximum absolute atomic E-state index is 11.8. The molecule has 1 aromatic heterocycles. The van der Waals surface area contributed by atoms with E-state index in [1.807, 2.05) is 0 Å². The van der Waals surface area contributed by atoms with Crippen molar-refractivity contribution in [3.63, 3.8) is 0 Å². The van der Waals surface area contributed by atoms with Crippen LogP contribution in [0, 0.1) is 0 Å². The molecule has 0 spiro atoms. The SMILES string of the molecule is CCCS(=O)(=O)CCC(=O)c1csc(C(C)N)n1. The first kappa shape index (κ1) is 15.3. The Bertz CT molecular complexity index is 506. The normalized spacial score (nSPS) is 13.5. The van der Waals surface area contributed by atoms with Crippen LogP contribution in [0.1, 0.15) is 48.2 Å². The number of nitrogens with zero attached hydrogens (tertiary/aromatic N) is 1. The summed E-state index contributed by atoms with van der Waals surface area (Å²) in [5, 5.41) is 2.32. The van der Waals surface area contributed by atoms with Crippen LogP contribution in [-0.2, 0) is 9.84 Å². The van der Waals surface area contributed by atoms with Crippen LogP contribution in [0.25, 0.3) is 0 Å². The predicted octanol–water partition coefficient (Wildman–Crippen LogP) is 1.56. The van der Waals surface area contributed by atoms with Crippen molar-refractivity contribution in [2.75, 3.05) is 11.5 Å². The van der Waals surface area contributed by atoms with Crippen LogP contribution in [0.2, 0.25) is 0 Å². The van der Waals surface area contributed by atoms with Gasteiger partial charge < -0.3 is 5.73 Å². The van der Waals surface area contributed by atoms with Crippen molar-refractivity contribution < 1.29 is 13.2 Å². The van der Waals surface area contributed by atoms with Crippen LogP contribution in [-0.4, -0.2) is 30.7 Å². The van der Waals surface area contributed by atoms with Crippen molar-refractivity contribution in [1.82, 2.24) is 4.98 Å². The first-order valence-electron chi connectivity index (χ1n) is 5.80. The van der Waals surface area contributed by atoms with Gasteiger partial charge in [-0.3, -0.25) is 4.79 Å². The fourth-order valence-electron chi connectivity index (χ4n) is 1.41. The van der Waals surface area contributed by atoms with Gasteiger partial charge in [-0.1, -0.05) is 6.92 Å². The van der Waals surface area contributed by atoms with Crippen LogP contribution in [0.5, 0.6) is 0 Å². The highest BCUT2D eigenvalue weighted by Gasteiger charge is 2.16. The van der Waals surface area contributed by atoms with Crippen molar-refractivity contribution in [3.05, 3.63) is 16.1 Å². The topological polar surface area (TPSA) is 90.1 Å². The molecule has 0 fully saturated rings. The number of hydrogen-bond donors (Lipinski definition) is 1. The predicted molar refractivity (Wildman–Crippen MR) is 72.6 cm³/mol. The lowest BCUT2D eigenvalue weighted by molar-refractivity contribution is 0.0984. The minimum Gasteiger partial charge on any atom is -0.322 e. The maximum atomic E-state index is 11.8. The lowest BCUT2D eigenvalue weighted by Crippen LogP contribution is -2.14. The average Bonchev–Trinajstić information content (AvgIpc) is 2.75. The third-order valence-electron chi connectivity index (χ3n) is 2.35. The van der Waals surface area contributed by atoms with Crippen molar-refractivity contribution in [2.24, 2.45) is 5.73 Å². The standard InChI is InChI=1S/C11H18N2O3S2/c1-3-5-18(15,16)6-4-10(14)9-7-17-11(13-9)8(2)12/h7-8H,3-6,12H2,1-2H3. The molecule has 2 N–H and O–H groups in total. The van der Waals surface area contributed by atoms with Crippen molar-refractivity contribution in [1.29, 1.82) is 0 Å². The Morgan fingerprint density at radius 1 is 1.50 bits per heavy atom. The van der Waals surface area contributed by atoms with Gasteiger partial charge in [0.05, 0.1) is 11.8 Å². The van der Waals surface area contributed by atoms with E-state index in [0.717, 1.165) is 0 Å². The molecule has 0 aromatic carbocycles. The summed E-state index contributed by atoms with van der Waals surface area (Å²) in [7, 11) is -3.11. The van der Waals surface area contributed by atoms with Crippen LogP contribution in [0.3, 0.4) is 0 Å². The van der Waals surface area contributed by atoms with E-state index >= 15 is 0 Å². The molecule has 0 bridgehead atoms. The lowest BCUT2D eigenvalue weighted by Gasteiger charge is -2.01. The van der Waals surface area contributed by atoms with E-state index in [9.17, 15) is 13.2 Å². The fraction of sp³-hybridized carbons (Fsp3) is 0.636. The molecule has 7 heteroatoms. The highest BCUT2D eigenvalue weighted by Crippen LogP contribution is 2.17. The Kier molecular flexibility index (Phi) is 5.43. The van der Waals surface area contributed by atoms with E-state index < -0.39 is 9.84 Å². The second-order valence-corrected chi connectivity index (χ2v) is 7.38. The Hall–Kier alpha value is -0.790. The van der Waals surface area contributed by atoms with Crippen molar-refractivity contribution in [2.45, 2.75) is 32.7 Å². The van der Waals surface area contributed by atoms with Gasteiger partial charge in [-0.15, -0.1) is 11.3 Å². The molecule has 102 valence electrons. The monoisotopic (exact) mass is 290 g/mol. The Morgan fingerprint density at radius 2 is 2.17 bits per heavy atom. The van der Waals surface area contributed by atoms with Crippen LogP contribution in [0.15, 0.2) is 5.38 Å². The molecular formula is C11H18N2O3S2. The number of Topliss-reactive ketones (excluding diaryl/α,β-unsaturated/α-hetero) is 1. The number of thiazole rings is 1. The minimum atomic E-state index is -3.11. The summed E-state index contributed by atoms with van der Waals surface area (Å²) in [4.78, 5) is 15.9. The largest absolute Gasteiger partial charge is 0.322 e. The summed E-state index contributed by atoms with van der Waals surface area (Å²) >= 11 is 1.32. The zero-order valence-corrected chi connectivity index (χ0v) is 12.2. The molecule has 1 heterocycles. The van der Waals surface area contributed by atoms with Gasteiger partial charge in [0.25, 0.3) is 0 Å². The summed E-state index contributed by atoms with van der Waals surface area (Å²) in [6.07, 6.45) is 0.562. The van der Waals surface area contributed by atoms with Gasteiger partial charge >= 0.3 is 0 Å². The molecule has 0 saturated heterocycles. The summed E-state index contributed by atoms with van der Waals surface area (Å²) in [6, 6.07) is -0.208. The van der Waals surface area contributed by atoms with E-state index in [2.05, 4.69) is 4.98 Å². The molecule has 0 aliphatic heterocycles. The molecule has 1 atom stereocenters. The molecule has 0 amide bonds. The number of sulfone groups is 1. The number of carbonyl (C=O) groups excluding carboxylic acids is 1. The van der Waals surface area contributed by atoms with E-state index in [1.54, 1.807) is 19.2 Å². The van der Waals surface area contributed by atoms with Crippen LogP contribution in [0.4, 0.5) is 0 Å². The van der Waals surface area contributed by atoms with Gasteiger partial charge in [0.1, 0.15) is 10.7 Å². The molecule has 18 heavy (non-hydrogen) atoms. The zero-order chi connectivity index (χ0) is 13.8. The van der Waals surface area contributed by atoms with E-state index in [1.165, 1.54) is 11.3 Å². The third kappa shape index (κ3) is 4.47. The van der Waals surface area contributed by atoms with Gasteiger partial charge in [0, 0.05) is 17.6 Å². The second kappa shape index (κ2) is 6.40. The number of ketones is 1. The molecule has 1 unspecified atom stereocenters. The Labute approximate surface area is 111 Å². The maximum Gasteiger partial charge on any atom is 0.183 e. The first-order valence-corrected chi connectivity index (χ1v) is 8.50. The van der Waals surface area contributed by atoms with Gasteiger partial charge in [0.2, 0.25) is 0 Å². The summed E-state index contributed by atoms with van der Waals surface area (Å²) in [5.74, 6) is -0.217. The molecule has 1 rings (SSSR count). The highest BCUT2D eigenvalue weighted by atomic mass is 32.2. The highest BCUT2D eigenvalue weighted by molar-refractivity contribution is 7.91. The molecule has 0 radical (unpaired) electrons. The smallest absolute Gasteiger partial charge is 0.183 e. The van der Waals surface area contributed by atoms with Crippen LogP contribution >= 0.6 is 11.3 Å².